The van der Waals surface area contributed by atoms with Gasteiger partial charge >= 0.3 is 17.9 Å². The van der Waals surface area contributed by atoms with Crippen LogP contribution in [0.15, 0.2) is 47.1 Å². The van der Waals surface area contributed by atoms with Gasteiger partial charge in [0.15, 0.2) is 0 Å². The third kappa shape index (κ3) is 5.90. The van der Waals surface area contributed by atoms with Crippen LogP contribution < -0.4 is 0 Å². The first-order valence-corrected chi connectivity index (χ1v) is 9.62. The Labute approximate surface area is 170 Å². The van der Waals surface area contributed by atoms with Crippen molar-refractivity contribution in [3.05, 3.63) is 47.1 Å². The van der Waals surface area contributed by atoms with Gasteiger partial charge in [-0.25, -0.2) is 9.59 Å². The number of carbonyl (C=O) groups is 3. The minimum absolute atomic E-state index is 0.0403. The number of rotatable bonds is 5. The molecular weight excluding hydrogens is 376 g/mol. The molecule has 3 atom stereocenters. The van der Waals surface area contributed by atoms with E-state index in [1.807, 2.05) is 6.08 Å². The van der Waals surface area contributed by atoms with Crippen molar-refractivity contribution in [2.75, 3.05) is 13.2 Å². The van der Waals surface area contributed by atoms with Gasteiger partial charge in [-0.3, -0.25) is 4.79 Å². The number of esters is 3. The zero-order valence-corrected chi connectivity index (χ0v) is 17.1. The van der Waals surface area contributed by atoms with E-state index >= 15 is 0 Å². The van der Waals surface area contributed by atoms with E-state index in [1.165, 1.54) is 6.92 Å². The third-order valence-corrected chi connectivity index (χ3v) is 5.09. The van der Waals surface area contributed by atoms with Crippen LogP contribution >= 0.6 is 0 Å². The maximum absolute atomic E-state index is 12.1. The predicted molar refractivity (Wildman–Crippen MR) is 106 cm³/mol. The number of aliphatic hydroxyl groups excluding tert-OH is 1. The fraction of sp³-hybridized carbons (Fsp3) is 0.500. The fourth-order valence-electron chi connectivity index (χ4n) is 3.39. The normalized spacial score (nSPS) is 29.0. The van der Waals surface area contributed by atoms with Crippen molar-refractivity contribution in [1.29, 1.82) is 0 Å². The van der Waals surface area contributed by atoms with Crippen LogP contribution in [0.2, 0.25) is 0 Å². The van der Waals surface area contributed by atoms with Gasteiger partial charge in [0.05, 0.1) is 12.5 Å². The fourth-order valence-corrected chi connectivity index (χ4v) is 3.39. The summed E-state index contributed by atoms with van der Waals surface area (Å²) < 4.78 is 16.3. The lowest BCUT2D eigenvalue weighted by Gasteiger charge is -2.27. The highest BCUT2D eigenvalue weighted by atomic mass is 16.6. The molecule has 7 nitrogen and oxygen atoms in total. The Morgan fingerprint density at radius 2 is 2.07 bits per heavy atom. The van der Waals surface area contributed by atoms with Crippen molar-refractivity contribution in [1.82, 2.24) is 0 Å². The number of hydrogen-bond acceptors (Lipinski definition) is 7. The summed E-state index contributed by atoms with van der Waals surface area (Å²) in [7, 11) is 0. The molecule has 0 spiro atoms. The van der Waals surface area contributed by atoms with Gasteiger partial charge in [0.25, 0.3) is 0 Å². The van der Waals surface area contributed by atoms with E-state index in [1.54, 1.807) is 26.0 Å². The summed E-state index contributed by atoms with van der Waals surface area (Å²) in [4.78, 5) is 35.8. The average Bonchev–Trinajstić information content (AvgIpc) is 2.96. The van der Waals surface area contributed by atoms with Crippen LogP contribution in [0.1, 0.15) is 40.0 Å². The van der Waals surface area contributed by atoms with Gasteiger partial charge < -0.3 is 19.3 Å². The lowest BCUT2D eigenvalue weighted by atomic mass is 9.85. The van der Waals surface area contributed by atoms with Crippen LogP contribution in [0.25, 0.3) is 0 Å². The van der Waals surface area contributed by atoms with Gasteiger partial charge in [0.2, 0.25) is 0 Å². The quantitative estimate of drug-likeness (QED) is 0.325. The molecule has 1 heterocycles. The van der Waals surface area contributed by atoms with Gasteiger partial charge in [0.1, 0.15) is 18.8 Å². The Morgan fingerprint density at radius 3 is 2.69 bits per heavy atom. The Morgan fingerprint density at radius 1 is 1.34 bits per heavy atom. The number of fused-ring (bicyclic) bond motifs is 1. The van der Waals surface area contributed by atoms with Crippen LogP contribution in [-0.4, -0.2) is 48.4 Å². The molecule has 0 aromatic rings. The van der Waals surface area contributed by atoms with Gasteiger partial charge in [-0.15, -0.1) is 0 Å². The second-order valence-corrected chi connectivity index (χ2v) is 7.20. The molecule has 0 unspecified atom stereocenters. The first-order valence-electron chi connectivity index (χ1n) is 9.62. The highest BCUT2D eigenvalue weighted by Crippen LogP contribution is 2.36. The van der Waals surface area contributed by atoms with E-state index in [9.17, 15) is 19.5 Å². The summed E-state index contributed by atoms with van der Waals surface area (Å²) >= 11 is 0. The Kier molecular flexibility index (Phi) is 7.96. The second-order valence-electron chi connectivity index (χ2n) is 7.20. The molecule has 1 N–H and O–H groups in total. The molecule has 1 aliphatic heterocycles. The first-order chi connectivity index (χ1) is 13.8. The van der Waals surface area contributed by atoms with E-state index < -0.39 is 36.0 Å². The monoisotopic (exact) mass is 404 g/mol. The third-order valence-electron chi connectivity index (χ3n) is 5.09. The molecule has 158 valence electrons. The molecule has 2 aliphatic rings. The van der Waals surface area contributed by atoms with Crippen molar-refractivity contribution in [2.45, 2.75) is 52.2 Å². The molecule has 0 aromatic heterocycles. The summed E-state index contributed by atoms with van der Waals surface area (Å²) in [6, 6.07) is 0. The van der Waals surface area contributed by atoms with Gasteiger partial charge in [-0.2, -0.15) is 0 Å². The molecule has 29 heavy (non-hydrogen) atoms. The van der Waals surface area contributed by atoms with Gasteiger partial charge in [-0.1, -0.05) is 18.7 Å². The number of carbonyl (C=O) groups excluding carboxylic acids is 3. The molecule has 1 fully saturated rings. The van der Waals surface area contributed by atoms with Gasteiger partial charge in [0, 0.05) is 24.5 Å². The van der Waals surface area contributed by atoms with E-state index in [0.29, 0.717) is 24.0 Å². The lowest BCUT2D eigenvalue weighted by molar-refractivity contribution is -0.149. The van der Waals surface area contributed by atoms with Crippen molar-refractivity contribution in [3.8, 4) is 0 Å². The number of allylic oxidation sites excluding steroid dienone is 2. The number of ether oxygens (including phenoxy) is 3. The van der Waals surface area contributed by atoms with Crippen LogP contribution in [0.3, 0.4) is 0 Å². The van der Waals surface area contributed by atoms with Crippen LogP contribution in [0.5, 0.6) is 0 Å². The molecule has 0 aromatic carbocycles. The summed E-state index contributed by atoms with van der Waals surface area (Å²) in [6.07, 6.45) is 5.35. The first kappa shape index (κ1) is 22.6. The molecule has 0 radical (unpaired) electrons. The second kappa shape index (κ2) is 10.2. The molecular formula is C22H28O7. The summed E-state index contributed by atoms with van der Waals surface area (Å²) in [5.41, 5.74) is 2.19. The summed E-state index contributed by atoms with van der Waals surface area (Å²) in [6.45, 7) is 8.39. The maximum Gasteiger partial charge on any atom is 0.334 e. The zero-order valence-electron chi connectivity index (χ0n) is 17.1. The average molecular weight is 404 g/mol. The molecule has 7 heteroatoms. The zero-order chi connectivity index (χ0) is 21.6. The minimum Gasteiger partial charge on any atom is -0.461 e. The number of aliphatic hydroxyl groups is 1. The molecule has 0 bridgehead atoms. The standard InChI is InChI=1S/C22H28O7/c1-5-13(2)21(25)27-12-17-8-6-7-16(11-23)9-19-20(14(3)22(26)29-19)18(10-17)28-15(4)24/h5,8-9,18-20,23H,3,6-7,10-12H2,1-2,4H3/b13-5+,16-9+,17-8+/t18-,19-,20-/m1/s1. The highest BCUT2D eigenvalue weighted by molar-refractivity contribution is 5.91. The van der Waals surface area contributed by atoms with Crippen LogP contribution in [-0.2, 0) is 28.6 Å². The van der Waals surface area contributed by atoms with Crippen molar-refractivity contribution in [3.63, 3.8) is 0 Å². The van der Waals surface area contributed by atoms with Crippen LogP contribution in [0, 0.1) is 5.92 Å². The van der Waals surface area contributed by atoms with E-state index in [2.05, 4.69) is 6.58 Å². The molecule has 0 saturated carbocycles. The van der Waals surface area contributed by atoms with E-state index in [4.69, 9.17) is 14.2 Å². The summed E-state index contributed by atoms with van der Waals surface area (Å²) in [5.74, 6) is -2.05. The smallest absolute Gasteiger partial charge is 0.334 e. The van der Waals surface area contributed by atoms with Crippen LogP contribution in [0.4, 0.5) is 0 Å². The van der Waals surface area contributed by atoms with Gasteiger partial charge in [-0.05, 0) is 43.9 Å². The Hall–Kier alpha value is -2.67. The van der Waals surface area contributed by atoms with Crippen molar-refractivity contribution < 1.29 is 33.7 Å². The Bertz CT molecular complexity index is 772. The predicted octanol–water partition coefficient (Wildman–Crippen LogP) is 2.55. The molecule has 1 saturated heterocycles. The highest BCUT2D eigenvalue weighted by Gasteiger charge is 2.44. The molecule has 0 amide bonds. The SMILES string of the molecule is C=C1C(=O)O[C@@H]2/C=C(/CO)CC/C=C(/COC(=O)/C(C)=C/C)C[C@@H](OC(C)=O)[C@@H]12. The van der Waals surface area contributed by atoms with E-state index in [-0.39, 0.29) is 25.2 Å². The molecule has 1 aliphatic carbocycles. The summed E-state index contributed by atoms with van der Waals surface area (Å²) in [5, 5.41) is 9.65. The number of hydrogen-bond donors (Lipinski definition) is 1. The Balaban J connectivity index is 2.33. The largest absolute Gasteiger partial charge is 0.461 e. The lowest BCUT2D eigenvalue weighted by Crippen LogP contribution is -2.33. The van der Waals surface area contributed by atoms with Crippen molar-refractivity contribution >= 4 is 17.9 Å². The minimum atomic E-state index is -0.710. The maximum atomic E-state index is 12.1. The van der Waals surface area contributed by atoms with E-state index in [0.717, 1.165) is 5.57 Å². The topological polar surface area (TPSA) is 99.1 Å². The molecule has 2 rings (SSSR count). The van der Waals surface area contributed by atoms with Crippen molar-refractivity contribution in [2.24, 2.45) is 5.92 Å².